The first-order chi connectivity index (χ1) is 5.17. The summed E-state index contributed by atoms with van der Waals surface area (Å²) in [4.78, 5) is 0. The monoisotopic (exact) mass is 154 g/mol. The molecule has 1 nitrogen and oxygen atoms in total. The first kappa shape index (κ1) is 8.79. The van der Waals surface area contributed by atoms with Gasteiger partial charge in [0, 0.05) is 5.41 Å². The third kappa shape index (κ3) is 2.06. The number of hydrogen-bond donors (Lipinski definition) is 1. The van der Waals surface area contributed by atoms with Crippen molar-refractivity contribution in [2.45, 2.75) is 39.5 Å². The van der Waals surface area contributed by atoms with Gasteiger partial charge in [0.15, 0.2) is 0 Å². The Kier molecular flexibility index (Phi) is 2.72. The van der Waals surface area contributed by atoms with Crippen LogP contribution in [0, 0.1) is 5.41 Å². The number of rotatable bonds is 2. The lowest BCUT2D eigenvalue weighted by atomic mass is 9.79. The summed E-state index contributed by atoms with van der Waals surface area (Å²) in [5.41, 5.74) is 1.48. The first-order valence-electron chi connectivity index (χ1n) is 4.47. The summed E-state index contributed by atoms with van der Waals surface area (Å²) in [6.07, 6.45) is 7.33. The second kappa shape index (κ2) is 3.40. The molecule has 0 radical (unpaired) electrons. The first-order valence-corrected chi connectivity index (χ1v) is 4.47. The van der Waals surface area contributed by atoms with E-state index in [1.165, 1.54) is 31.3 Å². The van der Waals surface area contributed by atoms with E-state index < -0.39 is 0 Å². The Morgan fingerprint density at radius 3 is 2.64 bits per heavy atom. The van der Waals surface area contributed by atoms with Crippen LogP contribution >= 0.6 is 0 Å². The average molecular weight is 154 g/mol. The van der Waals surface area contributed by atoms with Gasteiger partial charge >= 0.3 is 0 Å². The van der Waals surface area contributed by atoms with Crippen LogP contribution in [-0.2, 0) is 0 Å². The summed E-state index contributed by atoms with van der Waals surface area (Å²) in [6.45, 7) is 4.51. The molecule has 1 N–H and O–H groups in total. The molecular weight excluding hydrogens is 136 g/mol. The highest BCUT2D eigenvalue weighted by Crippen LogP contribution is 2.32. The predicted octanol–water partition coefficient (Wildman–Crippen LogP) is 2.51. The maximum atomic E-state index is 9.11. The number of hydrogen-bond acceptors (Lipinski definition) is 1. The fourth-order valence-corrected chi connectivity index (χ4v) is 1.55. The lowest BCUT2D eigenvalue weighted by Crippen LogP contribution is -2.20. The molecule has 1 heteroatoms. The largest absolute Gasteiger partial charge is 0.395 e. The molecule has 0 saturated carbocycles. The van der Waals surface area contributed by atoms with Gasteiger partial charge in [0.05, 0.1) is 6.61 Å². The molecule has 0 aromatic rings. The molecule has 0 fully saturated rings. The zero-order valence-electron chi connectivity index (χ0n) is 7.56. The molecule has 0 amide bonds. The van der Waals surface area contributed by atoms with Crippen molar-refractivity contribution >= 4 is 0 Å². The summed E-state index contributed by atoms with van der Waals surface area (Å²) in [6, 6.07) is 0. The Bertz CT molecular complexity index is 156. The van der Waals surface area contributed by atoms with Crippen molar-refractivity contribution in [2.75, 3.05) is 6.61 Å². The molecular formula is C10H18O. The number of allylic oxidation sites excluding steroid dienone is 1. The summed E-state index contributed by atoms with van der Waals surface area (Å²) in [5.74, 6) is 0. The fourth-order valence-electron chi connectivity index (χ4n) is 1.55. The van der Waals surface area contributed by atoms with Gasteiger partial charge in [-0.3, -0.25) is 0 Å². The molecule has 1 aliphatic rings. The Hall–Kier alpha value is -0.300. The molecule has 0 bridgehead atoms. The standard InChI is InChI=1S/C10H18O/c1-10(2,8-11)9-6-4-3-5-7-9/h6,11H,3-5,7-8H2,1-2H3. The minimum absolute atomic E-state index is 0.0282. The molecule has 0 atom stereocenters. The van der Waals surface area contributed by atoms with E-state index in [1.54, 1.807) is 0 Å². The Morgan fingerprint density at radius 1 is 1.45 bits per heavy atom. The zero-order valence-corrected chi connectivity index (χ0v) is 7.56. The highest BCUT2D eigenvalue weighted by molar-refractivity contribution is 5.14. The summed E-state index contributed by atoms with van der Waals surface area (Å²) in [5, 5.41) is 9.11. The van der Waals surface area contributed by atoms with Gasteiger partial charge in [-0.05, 0) is 25.7 Å². The van der Waals surface area contributed by atoms with Crippen LogP contribution in [0.4, 0.5) is 0 Å². The predicted molar refractivity (Wildman–Crippen MR) is 47.4 cm³/mol. The zero-order chi connectivity index (χ0) is 8.32. The van der Waals surface area contributed by atoms with Crippen molar-refractivity contribution in [1.82, 2.24) is 0 Å². The van der Waals surface area contributed by atoms with Gasteiger partial charge in [-0.2, -0.15) is 0 Å². The van der Waals surface area contributed by atoms with Crippen LogP contribution < -0.4 is 0 Å². The van der Waals surface area contributed by atoms with E-state index in [2.05, 4.69) is 19.9 Å². The second-order valence-corrected chi connectivity index (χ2v) is 4.02. The molecule has 0 aromatic heterocycles. The third-order valence-corrected chi connectivity index (χ3v) is 2.56. The quantitative estimate of drug-likeness (QED) is 0.606. The van der Waals surface area contributed by atoms with Gasteiger partial charge in [0.25, 0.3) is 0 Å². The van der Waals surface area contributed by atoms with Gasteiger partial charge in [-0.15, -0.1) is 0 Å². The lowest BCUT2D eigenvalue weighted by Gasteiger charge is -2.28. The van der Waals surface area contributed by atoms with Crippen molar-refractivity contribution in [3.63, 3.8) is 0 Å². The molecule has 1 aliphatic carbocycles. The van der Waals surface area contributed by atoms with Crippen LogP contribution in [-0.4, -0.2) is 11.7 Å². The van der Waals surface area contributed by atoms with Crippen LogP contribution in [0.5, 0.6) is 0 Å². The molecule has 0 unspecified atom stereocenters. The van der Waals surface area contributed by atoms with Crippen molar-refractivity contribution in [1.29, 1.82) is 0 Å². The molecule has 64 valence electrons. The minimum Gasteiger partial charge on any atom is -0.395 e. The SMILES string of the molecule is CC(C)(CO)C1=CCCCC1. The summed E-state index contributed by atoms with van der Waals surface area (Å²) in [7, 11) is 0. The molecule has 0 aliphatic heterocycles. The summed E-state index contributed by atoms with van der Waals surface area (Å²) < 4.78 is 0. The molecule has 1 rings (SSSR count). The highest BCUT2D eigenvalue weighted by Gasteiger charge is 2.22. The van der Waals surface area contributed by atoms with E-state index >= 15 is 0 Å². The fraction of sp³-hybridized carbons (Fsp3) is 0.800. The highest BCUT2D eigenvalue weighted by atomic mass is 16.3. The van der Waals surface area contributed by atoms with Gasteiger partial charge in [0.2, 0.25) is 0 Å². The third-order valence-electron chi connectivity index (χ3n) is 2.56. The van der Waals surface area contributed by atoms with E-state index in [0.717, 1.165) is 0 Å². The van der Waals surface area contributed by atoms with E-state index in [1.807, 2.05) is 0 Å². The lowest BCUT2D eigenvalue weighted by molar-refractivity contribution is 0.184. The molecule has 0 heterocycles. The van der Waals surface area contributed by atoms with Gasteiger partial charge in [0.1, 0.15) is 0 Å². The van der Waals surface area contributed by atoms with Crippen LogP contribution in [0.25, 0.3) is 0 Å². The Balaban J connectivity index is 2.64. The maximum Gasteiger partial charge on any atom is 0.0519 e. The second-order valence-electron chi connectivity index (χ2n) is 4.02. The van der Waals surface area contributed by atoms with Crippen molar-refractivity contribution in [2.24, 2.45) is 5.41 Å². The van der Waals surface area contributed by atoms with E-state index in [9.17, 15) is 0 Å². The van der Waals surface area contributed by atoms with E-state index in [0.29, 0.717) is 0 Å². The molecule has 11 heavy (non-hydrogen) atoms. The van der Waals surface area contributed by atoms with E-state index in [4.69, 9.17) is 5.11 Å². The van der Waals surface area contributed by atoms with Crippen LogP contribution in [0.1, 0.15) is 39.5 Å². The van der Waals surface area contributed by atoms with E-state index in [-0.39, 0.29) is 12.0 Å². The Labute approximate surface area is 69.1 Å². The normalized spacial score (nSPS) is 19.7. The van der Waals surface area contributed by atoms with Gasteiger partial charge < -0.3 is 5.11 Å². The Morgan fingerprint density at radius 2 is 2.18 bits per heavy atom. The van der Waals surface area contributed by atoms with Gasteiger partial charge in [-0.25, -0.2) is 0 Å². The van der Waals surface area contributed by atoms with Gasteiger partial charge in [-0.1, -0.05) is 25.5 Å². The number of aliphatic hydroxyl groups excluding tert-OH is 1. The van der Waals surface area contributed by atoms with Crippen LogP contribution in [0.3, 0.4) is 0 Å². The van der Waals surface area contributed by atoms with Crippen molar-refractivity contribution in [3.8, 4) is 0 Å². The van der Waals surface area contributed by atoms with Crippen molar-refractivity contribution in [3.05, 3.63) is 11.6 Å². The molecule has 0 saturated heterocycles. The molecule has 0 aromatic carbocycles. The smallest absolute Gasteiger partial charge is 0.0519 e. The number of aliphatic hydroxyl groups is 1. The summed E-state index contributed by atoms with van der Waals surface area (Å²) >= 11 is 0. The minimum atomic E-state index is 0.0282. The average Bonchev–Trinajstić information content (AvgIpc) is 2.06. The topological polar surface area (TPSA) is 20.2 Å². The maximum absolute atomic E-state index is 9.11. The van der Waals surface area contributed by atoms with Crippen LogP contribution in [0.2, 0.25) is 0 Å². The van der Waals surface area contributed by atoms with Crippen molar-refractivity contribution < 1.29 is 5.11 Å². The van der Waals surface area contributed by atoms with Crippen LogP contribution in [0.15, 0.2) is 11.6 Å². The molecule has 0 spiro atoms.